The molecule has 0 aliphatic heterocycles. The zero-order chi connectivity index (χ0) is 16.8. The number of carbonyl (C=O) groups excluding carboxylic acids is 2. The van der Waals surface area contributed by atoms with Gasteiger partial charge in [-0.05, 0) is 46.2 Å². The van der Waals surface area contributed by atoms with Crippen molar-refractivity contribution in [2.24, 2.45) is 0 Å². The van der Waals surface area contributed by atoms with Gasteiger partial charge in [0.15, 0.2) is 0 Å². The molecule has 1 rings (SSSR count). The van der Waals surface area contributed by atoms with Gasteiger partial charge < -0.3 is 9.47 Å². The molecule has 1 amide bonds. The number of ether oxygens (including phenoxy) is 2. The van der Waals surface area contributed by atoms with Gasteiger partial charge in [0.05, 0.1) is 12.3 Å². The zero-order valence-electron chi connectivity index (χ0n) is 13.8. The molecule has 0 saturated carbocycles. The van der Waals surface area contributed by atoms with Crippen LogP contribution in [0.5, 0.6) is 0 Å². The average Bonchev–Trinajstić information content (AvgIpc) is 2.43. The third kappa shape index (κ3) is 5.02. The Labute approximate surface area is 131 Å². The van der Waals surface area contributed by atoms with E-state index in [2.05, 4.69) is 4.98 Å². The highest BCUT2D eigenvalue weighted by Gasteiger charge is 2.34. The molecule has 0 radical (unpaired) electrons. The molecule has 0 aromatic carbocycles. The van der Waals surface area contributed by atoms with Crippen LogP contribution in [-0.2, 0) is 14.3 Å². The summed E-state index contributed by atoms with van der Waals surface area (Å²) in [7, 11) is 0. The Morgan fingerprint density at radius 1 is 1.23 bits per heavy atom. The summed E-state index contributed by atoms with van der Waals surface area (Å²) in [6, 6.07) is 2.58. The second-order valence-electron chi connectivity index (χ2n) is 5.73. The Morgan fingerprint density at radius 3 is 2.27 bits per heavy atom. The molecule has 0 saturated heterocycles. The largest absolute Gasteiger partial charge is 0.464 e. The van der Waals surface area contributed by atoms with Gasteiger partial charge in [-0.25, -0.2) is 9.59 Å². The van der Waals surface area contributed by atoms with Crippen molar-refractivity contribution in [3.05, 3.63) is 24.5 Å². The van der Waals surface area contributed by atoms with Gasteiger partial charge in [-0.15, -0.1) is 0 Å². The summed E-state index contributed by atoms with van der Waals surface area (Å²) >= 11 is 0. The van der Waals surface area contributed by atoms with Crippen molar-refractivity contribution < 1.29 is 19.1 Å². The van der Waals surface area contributed by atoms with Crippen molar-refractivity contribution in [1.82, 2.24) is 4.98 Å². The fraction of sp³-hybridized carbons (Fsp3) is 0.562. The van der Waals surface area contributed by atoms with Gasteiger partial charge in [0.1, 0.15) is 11.6 Å². The molecule has 1 aromatic rings. The van der Waals surface area contributed by atoms with E-state index in [4.69, 9.17) is 9.47 Å². The smallest absolute Gasteiger partial charge is 0.415 e. The fourth-order valence-corrected chi connectivity index (χ4v) is 1.92. The lowest BCUT2D eigenvalue weighted by Crippen LogP contribution is -2.48. The van der Waals surface area contributed by atoms with E-state index in [0.29, 0.717) is 12.1 Å². The van der Waals surface area contributed by atoms with Gasteiger partial charge in [-0.1, -0.05) is 6.92 Å². The number of hydrogen-bond acceptors (Lipinski definition) is 5. The Balaban J connectivity index is 3.15. The monoisotopic (exact) mass is 308 g/mol. The minimum Gasteiger partial charge on any atom is -0.464 e. The standard InChI is InChI=1S/C16H24N2O4/c1-6-13(14(19)21-7-2)18(12-8-10-17-11-9-12)15(20)22-16(3,4)5/h8-11,13H,6-7H2,1-5H3. The first-order valence-corrected chi connectivity index (χ1v) is 7.39. The van der Waals surface area contributed by atoms with E-state index in [1.165, 1.54) is 4.90 Å². The first-order valence-electron chi connectivity index (χ1n) is 7.39. The molecule has 1 heterocycles. The fourth-order valence-electron chi connectivity index (χ4n) is 1.92. The van der Waals surface area contributed by atoms with Gasteiger partial charge in [0.25, 0.3) is 0 Å². The summed E-state index contributed by atoms with van der Waals surface area (Å²) in [5.41, 5.74) is -0.112. The van der Waals surface area contributed by atoms with Gasteiger partial charge in [-0.2, -0.15) is 0 Å². The maximum absolute atomic E-state index is 12.5. The van der Waals surface area contributed by atoms with Crippen molar-refractivity contribution in [3.63, 3.8) is 0 Å². The first-order chi connectivity index (χ1) is 10.3. The molecule has 0 fully saturated rings. The Bertz CT molecular complexity index is 497. The lowest BCUT2D eigenvalue weighted by atomic mass is 10.1. The zero-order valence-corrected chi connectivity index (χ0v) is 13.8. The molecule has 0 bridgehead atoms. The number of hydrogen-bond donors (Lipinski definition) is 0. The Morgan fingerprint density at radius 2 is 1.82 bits per heavy atom. The van der Waals surface area contributed by atoms with Gasteiger partial charge in [0.2, 0.25) is 0 Å². The number of amides is 1. The summed E-state index contributed by atoms with van der Waals surface area (Å²) in [6.07, 6.45) is 2.95. The third-order valence-corrected chi connectivity index (χ3v) is 2.79. The summed E-state index contributed by atoms with van der Waals surface area (Å²) in [5, 5.41) is 0. The molecular weight excluding hydrogens is 284 g/mol. The quantitative estimate of drug-likeness (QED) is 0.781. The molecule has 0 spiro atoms. The van der Waals surface area contributed by atoms with Crippen molar-refractivity contribution in [2.75, 3.05) is 11.5 Å². The van der Waals surface area contributed by atoms with Crippen LogP contribution in [-0.4, -0.2) is 35.3 Å². The molecule has 122 valence electrons. The summed E-state index contributed by atoms with van der Waals surface area (Å²) in [5.74, 6) is -0.451. The number of nitrogens with zero attached hydrogens (tertiary/aromatic N) is 2. The topological polar surface area (TPSA) is 68.7 Å². The molecule has 0 aliphatic carbocycles. The van der Waals surface area contributed by atoms with Crippen molar-refractivity contribution >= 4 is 17.7 Å². The third-order valence-electron chi connectivity index (χ3n) is 2.79. The van der Waals surface area contributed by atoms with Crippen molar-refractivity contribution in [1.29, 1.82) is 0 Å². The van der Waals surface area contributed by atoms with Crippen LogP contribution in [0.4, 0.5) is 10.5 Å². The molecule has 0 N–H and O–H groups in total. The second kappa shape index (κ2) is 7.77. The van der Waals surface area contributed by atoms with Gasteiger partial charge >= 0.3 is 12.1 Å². The molecular formula is C16H24N2O4. The van der Waals surface area contributed by atoms with Crippen LogP contribution in [0.3, 0.4) is 0 Å². The van der Waals surface area contributed by atoms with Crippen LogP contribution in [0, 0.1) is 0 Å². The molecule has 1 aromatic heterocycles. The first kappa shape index (κ1) is 17.9. The number of anilines is 1. The van der Waals surface area contributed by atoms with E-state index >= 15 is 0 Å². The highest BCUT2D eigenvalue weighted by atomic mass is 16.6. The molecule has 1 atom stereocenters. The summed E-state index contributed by atoms with van der Waals surface area (Å²) in [4.78, 5) is 30.0. The lowest BCUT2D eigenvalue weighted by Gasteiger charge is -2.31. The van der Waals surface area contributed by atoms with E-state index in [0.717, 1.165) is 0 Å². The van der Waals surface area contributed by atoms with E-state index in [1.807, 2.05) is 6.92 Å². The van der Waals surface area contributed by atoms with Crippen LogP contribution in [0.2, 0.25) is 0 Å². The van der Waals surface area contributed by atoms with Crippen LogP contribution >= 0.6 is 0 Å². The van der Waals surface area contributed by atoms with Crippen molar-refractivity contribution in [3.8, 4) is 0 Å². The SMILES string of the molecule is CCOC(=O)C(CC)N(C(=O)OC(C)(C)C)c1ccncc1. The van der Waals surface area contributed by atoms with Crippen molar-refractivity contribution in [2.45, 2.75) is 52.7 Å². The average molecular weight is 308 g/mol. The Kier molecular flexibility index (Phi) is 6.34. The van der Waals surface area contributed by atoms with Crippen LogP contribution < -0.4 is 4.90 Å². The highest BCUT2D eigenvalue weighted by Crippen LogP contribution is 2.22. The lowest BCUT2D eigenvalue weighted by molar-refractivity contribution is -0.144. The number of rotatable bonds is 5. The van der Waals surface area contributed by atoms with E-state index in [1.54, 1.807) is 52.2 Å². The van der Waals surface area contributed by atoms with Gasteiger partial charge in [-0.3, -0.25) is 9.88 Å². The Hall–Kier alpha value is -2.11. The minimum atomic E-state index is -0.739. The number of carbonyl (C=O) groups is 2. The number of aromatic nitrogens is 1. The van der Waals surface area contributed by atoms with Crippen LogP contribution in [0.15, 0.2) is 24.5 Å². The number of pyridine rings is 1. The molecule has 0 aliphatic rings. The minimum absolute atomic E-state index is 0.258. The van der Waals surface area contributed by atoms with Crippen LogP contribution in [0.1, 0.15) is 41.0 Å². The van der Waals surface area contributed by atoms with Crippen LogP contribution in [0.25, 0.3) is 0 Å². The maximum Gasteiger partial charge on any atom is 0.415 e. The number of esters is 1. The predicted molar refractivity (Wildman–Crippen MR) is 83.7 cm³/mol. The van der Waals surface area contributed by atoms with E-state index in [9.17, 15) is 9.59 Å². The molecule has 1 unspecified atom stereocenters. The van der Waals surface area contributed by atoms with E-state index < -0.39 is 23.7 Å². The molecule has 6 nitrogen and oxygen atoms in total. The second-order valence-corrected chi connectivity index (χ2v) is 5.73. The maximum atomic E-state index is 12.5. The van der Waals surface area contributed by atoms with Gasteiger partial charge in [0, 0.05) is 12.4 Å². The normalized spacial score (nSPS) is 12.4. The predicted octanol–water partition coefficient (Wildman–Crippen LogP) is 3.16. The highest BCUT2D eigenvalue weighted by molar-refractivity contribution is 5.95. The molecule has 6 heteroatoms. The summed E-state index contributed by atoms with van der Waals surface area (Å²) in [6.45, 7) is 9.14. The molecule has 22 heavy (non-hydrogen) atoms. The summed E-state index contributed by atoms with van der Waals surface area (Å²) < 4.78 is 10.5. The van der Waals surface area contributed by atoms with E-state index in [-0.39, 0.29) is 6.61 Å².